The van der Waals surface area contributed by atoms with Gasteiger partial charge in [-0.2, -0.15) is 0 Å². The number of ketones is 1. The lowest BCUT2D eigenvalue weighted by atomic mass is 9.80. The molecule has 16 heavy (non-hydrogen) atoms. The Morgan fingerprint density at radius 2 is 2.38 bits per heavy atom. The van der Waals surface area contributed by atoms with Crippen molar-refractivity contribution < 1.29 is 14.3 Å². The summed E-state index contributed by atoms with van der Waals surface area (Å²) in [6.07, 6.45) is 6.08. The van der Waals surface area contributed by atoms with Gasteiger partial charge in [-0.1, -0.05) is 6.08 Å². The fourth-order valence-corrected chi connectivity index (χ4v) is 2.33. The Bertz CT molecular complexity index is 283. The van der Waals surface area contributed by atoms with Gasteiger partial charge >= 0.3 is 5.97 Å². The second kappa shape index (κ2) is 5.83. The second-order valence-electron chi connectivity index (χ2n) is 4.26. The summed E-state index contributed by atoms with van der Waals surface area (Å²) in [7, 11) is 0. The molecule has 1 unspecified atom stereocenters. The van der Waals surface area contributed by atoms with Gasteiger partial charge in [-0.05, 0) is 39.0 Å². The van der Waals surface area contributed by atoms with Crippen molar-refractivity contribution in [3.05, 3.63) is 12.7 Å². The molecule has 0 N–H and O–H groups in total. The number of allylic oxidation sites excluding steroid dienone is 1. The summed E-state index contributed by atoms with van der Waals surface area (Å²) in [5.41, 5.74) is -0.834. The highest BCUT2D eigenvalue weighted by Gasteiger charge is 2.48. The van der Waals surface area contributed by atoms with Crippen molar-refractivity contribution in [2.24, 2.45) is 5.41 Å². The fraction of sp³-hybridized carbons (Fsp3) is 0.692. The van der Waals surface area contributed by atoms with Gasteiger partial charge in [0.2, 0.25) is 0 Å². The molecule has 1 rings (SSSR count). The molecule has 1 saturated carbocycles. The molecule has 3 heteroatoms. The van der Waals surface area contributed by atoms with Crippen LogP contribution in [0.3, 0.4) is 0 Å². The molecule has 0 spiro atoms. The summed E-state index contributed by atoms with van der Waals surface area (Å²) >= 11 is 0. The SMILES string of the molecule is C=CCCCC1(C(=O)OCC)CCCC1=O. The number of ether oxygens (including phenoxy) is 1. The quantitative estimate of drug-likeness (QED) is 0.301. The summed E-state index contributed by atoms with van der Waals surface area (Å²) < 4.78 is 5.04. The largest absolute Gasteiger partial charge is 0.465 e. The van der Waals surface area contributed by atoms with E-state index < -0.39 is 5.41 Å². The van der Waals surface area contributed by atoms with Crippen molar-refractivity contribution in [1.29, 1.82) is 0 Å². The number of unbranched alkanes of at least 4 members (excludes halogenated alkanes) is 1. The summed E-state index contributed by atoms with van der Waals surface area (Å²) in [5, 5.41) is 0. The average molecular weight is 224 g/mol. The van der Waals surface area contributed by atoms with Crippen molar-refractivity contribution in [2.45, 2.75) is 45.4 Å². The van der Waals surface area contributed by atoms with E-state index in [0.29, 0.717) is 25.9 Å². The number of rotatable bonds is 6. The third-order valence-corrected chi connectivity index (χ3v) is 3.22. The first-order valence-electron chi connectivity index (χ1n) is 5.99. The lowest BCUT2D eigenvalue weighted by Gasteiger charge is -2.24. The van der Waals surface area contributed by atoms with Gasteiger partial charge in [-0.3, -0.25) is 9.59 Å². The van der Waals surface area contributed by atoms with Crippen LogP contribution in [0, 0.1) is 5.41 Å². The number of hydrogen-bond acceptors (Lipinski definition) is 3. The summed E-state index contributed by atoms with van der Waals surface area (Å²) in [6, 6.07) is 0. The van der Waals surface area contributed by atoms with E-state index in [0.717, 1.165) is 19.3 Å². The van der Waals surface area contributed by atoms with Gasteiger partial charge in [0.05, 0.1) is 6.61 Å². The van der Waals surface area contributed by atoms with Gasteiger partial charge in [-0.25, -0.2) is 0 Å². The maximum atomic E-state index is 11.9. The van der Waals surface area contributed by atoms with E-state index in [-0.39, 0.29) is 11.8 Å². The summed E-state index contributed by atoms with van der Waals surface area (Å²) in [6.45, 7) is 5.76. The molecule has 0 aliphatic heterocycles. The molecule has 0 aromatic rings. The minimum atomic E-state index is -0.834. The number of carbonyl (C=O) groups excluding carboxylic acids is 2. The third kappa shape index (κ3) is 2.52. The highest BCUT2D eigenvalue weighted by molar-refractivity contribution is 6.05. The Hall–Kier alpha value is -1.12. The topological polar surface area (TPSA) is 43.4 Å². The molecule has 0 amide bonds. The molecule has 3 nitrogen and oxygen atoms in total. The molecule has 90 valence electrons. The van der Waals surface area contributed by atoms with Crippen LogP contribution in [0.5, 0.6) is 0 Å². The number of carbonyl (C=O) groups is 2. The number of esters is 1. The zero-order valence-corrected chi connectivity index (χ0v) is 9.96. The molecular weight excluding hydrogens is 204 g/mol. The smallest absolute Gasteiger partial charge is 0.319 e. The maximum Gasteiger partial charge on any atom is 0.319 e. The van der Waals surface area contributed by atoms with Crippen LogP contribution in [-0.4, -0.2) is 18.4 Å². The molecule has 1 aliphatic rings. The highest BCUT2D eigenvalue weighted by Crippen LogP contribution is 2.40. The lowest BCUT2D eigenvalue weighted by molar-refractivity contribution is -0.159. The molecule has 1 aliphatic carbocycles. The van der Waals surface area contributed by atoms with E-state index in [2.05, 4.69) is 6.58 Å². The fourth-order valence-electron chi connectivity index (χ4n) is 2.33. The van der Waals surface area contributed by atoms with E-state index in [9.17, 15) is 9.59 Å². The standard InChI is InChI=1S/C13H20O3/c1-3-5-6-9-13(12(15)16-4-2)10-7-8-11(13)14/h3H,1,4-10H2,2H3. The highest BCUT2D eigenvalue weighted by atomic mass is 16.5. The number of Topliss-reactive ketones (excluding diaryl/α,β-unsaturated/α-hetero) is 1. The molecule has 1 fully saturated rings. The van der Waals surface area contributed by atoms with Crippen LogP contribution < -0.4 is 0 Å². The van der Waals surface area contributed by atoms with Crippen LogP contribution in [0.15, 0.2) is 12.7 Å². The monoisotopic (exact) mass is 224 g/mol. The zero-order chi connectivity index (χ0) is 12.0. The van der Waals surface area contributed by atoms with E-state index in [1.165, 1.54) is 0 Å². The first-order valence-corrected chi connectivity index (χ1v) is 5.99. The molecule has 0 heterocycles. The van der Waals surface area contributed by atoms with Crippen molar-refractivity contribution in [1.82, 2.24) is 0 Å². The van der Waals surface area contributed by atoms with Crippen LogP contribution in [0.4, 0.5) is 0 Å². The Kier molecular flexibility index (Phi) is 4.71. The van der Waals surface area contributed by atoms with Gasteiger partial charge in [0, 0.05) is 6.42 Å². The van der Waals surface area contributed by atoms with Gasteiger partial charge in [0.15, 0.2) is 0 Å². The third-order valence-electron chi connectivity index (χ3n) is 3.22. The van der Waals surface area contributed by atoms with Crippen LogP contribution in [0.1, 0.15) is 45.4 Å². The van der Waals surface area contributed by atoms with Crippen LogP contribution in [-0.2, 0) is 14.3 Å². The Labute approximate surface area is 96.9 Å². The first-order chi connectivity index (χ1) is 7.67. The summed E-state index contributed by atoms with van der Waals surface area (Å²) in [5.74, 6) is -0.253. The predicted octanol–water partition coefficient (Wildman–Crippen LogP) is 2.65. The maximum absolute atomic E-state index is 11.9. The van der Waals surface area contributed by atoms with Gasteiger partial charge in [-0.15, -0.1) is 6.58 Å². The molecule has 0 saturated heterocycles. The van der Waals surface area contributed by atoms with Crippen molar-refractivity contribution >= 4 is 11.8 Å². The van der Waals surface area contributed by atoms with Crippen molar-refractivity contribution in [3.63, 3.8) is 0 Å². The van der Waals surface area contributed by atoms with Crippen molar-refractivity contribution in [2.75, 3.05) is 6.61 Å². The van der Waals surface area contributed by atoms with Gasteiger partial charge < -0.3 is 4.74 Å². The molecular formula is C13H20O3. The van der Waals surface area contributed by atoms with Crippen molar-refractivity contribution in [3.8, 4) is 0 Å². The van der Waals surface area contributed by atoms with Crippen LogP contribution >= 0.6 is 0 Å². The Balaban J connectivity index is 2.72. The van der Waals surface area contributed by atoms with E-state index >= 15 is 0 Å². The lowest BCUT2D eigenvalue weighted by Crippen LogP contribution is -2.36. The zero-order valence-electron chi connectivity index (χ0n) is 9.96. The first kappa shape index (κ1) is 12.9. The predicted molar refractivity (Wildman–Crippen MR) is 62.0 cm³/mol. The number of hydrogen-bond donors (Lipinski definition) is 0. The van der Waals surface area contributed by atoms with Gasteiger partial charge in [0.25, 0.3) is 0 Å². The van der Waals surface area contributed by atoms with Gasteiger partial charge in [0.1, 0.15) is 11.2 Å². The minimum Gasteiger partial charge on any atom is -0.465 e. The second-order valence-corrected chi connectivity index (χ2v) is 4.26. The van der Waals surface area contributed by atoms with Crippen LogP contribution in [0.25, 0.3) is 0 Å². The molecule has 0 aromatic carbocycles. The Morgan fingerprint density at radius 3 is 2.88 bits per heavy atom. The molecule has 0 radical (unpaired) electrons. The van der Waals surface area contributed by atoms with E-state index in [4.69, 9.17) is 4.74 Å². The van der Waals surface area contributed by atoms with E-state index in [1.54, 1.807) is 6.92 Å². The summed E-state index contributed by atoms with van der Waals surface area (Å²) in [4.78, 5) is 23.8. The Morgan fingerprint density at radius 1 is 1.62 bits per heavy atom. The van der Waals surface area contributed by atoms with Crippen LogP contribution in [0.2, 0.25) is 0 Å². The molecule has 0 bridgehead atoms. The molecule has 0 aromatic heterocycles. The molecule has 1 atom stereocenters. The van der Waals surface area contributed by atoms with E-state index in [1.807, 2.05) is 6.08 Å². The normalized spacial score (nSPS) is 24.4. The average Bonchev–Trinajstić information content (AvgIpc) is 2.62. The minimum absolute atomic E-state index is 0.0648.